The summed E-state index contributed by atoms with van der Waals surface area (Å²) in [6.45, 7) is 1.02. The van der Waals surface area contributed by atoms with Gasteiger partial charge in [0.1, 0.15) is 6.04 Å². The highest BCUT2D eigenvalue weighted by molar-refractivity contribution is 6.31. The maximum Gasteiger partial charge on any atom is 0.318 e. The first-order valence-electron chi connectivity index (χ1n) is 9.23. The van der Waals surface area contributed by atoms with Crippen LogP contribution in [0, 0.1) is 0 Å². The summed E-state index contributed by atoms with van der Waals surface area (Å²) in [5.74, 6) is -0.101. The molecule has 25 heavy (non-hydrogen) atoms. The van der Waals surface area contributed by atoms with Gasteiger partial charge in [-0.25, -0.2) is 4.79 Å². The number of hydrogen-bond donors (Lipinski definition) is 2. The Labute approximate surface area is 154 Å². The van der Waals surface area contributed by atoms with Gasteiger partial charge >= 0.3 is 6.03 Å². The van der Waals surface area contributed by atoms with E-state index < -0.39 is 0 Å². The molecule has 3 amide bonds. The Kier molecular flexibility index (Phi) is 6.19. The first-order valence-corrected chi connectivity index (χ1v) is 9.61. The predicted molar refractivity (Wildman–Crippen MR) is 98.4 cm³/mol. The molecule has 1 saturated heterocycles. The Balaban J connectivity index is 1.54. The average molecular weight is 364 g/mol. The van der Waals surface area contributed by atoms with Crippen LogP contribution in [0.4, 0.5) is 4.79 Å². The van der Waals surface area contributed by atoms with Crippen molar-refractivity contribution < 1.29 is 9.59 Å². The fourth-order valence-corrected chi connectivity index (χ4v) is 3.93. The van der Waals surface area contributed by atoms with Crippen LogP contribution in [0.1, 0.15) is 50.5 Å². The van der Waals surface area contributed by atoms with Crippen molar-refractivity contribution >= 4 is 23.5 Å². The number of halogens is 1. The number of nitrogens with zero attached hydrogens (tertiary/aromatic N) is 1. The summed E-state index contributed by atoms with van der Waals surface area (Å²) < 4.78 is 0. The number of urea groups is 1. The molecule has 1 unspecified atom stereocenters. The molecule has 0 bridgehead atoms. The van der Waals surface area contributed by atoms with Crippen molar-refractivity contribution in [1.82, 2.24) is 15.5 Å². The third-order valence-corrected chi connectivity index (χ3v) is 5.53. The lowest BCUT2D eigenvalue weighted by molar-refractivity contribution is -0.124. The maximum absolute atomic E-state index is 12.6. The second-order valence-corrected chi connectivity index (χ2v) is 7.35. The van der Waals surface area contributed by atoms with Crippen molar-refractivity contribution in [2.75, 3.05) is 6.54 Å². The molecule has 1 atom stereocenters. The normalized spacial score (nSPS) is 21.2. The van der Waals surface area contributed by atoms with Crippen LogP contribution >= 0.6 is 11.6 Å². The molecule has 5 nitrogen and oxygen atoms in total. The molecule has 2 aliphatic rings. The predicted octanol–water partition coefficient (Wildman–Crippen LogP) is 3.46. The number of likely N-dealkylation sites (tertiary alicyclic amines) is 1. The van der Waals surface area contributed by atoms with E-state index in [2.05, 4.69) is 10.6 Å². The van der Waals surface area contributed by atoms with E-state index in [0.717, 1.165) is 24.8 Å². The van der Waals surface area contributed by atoms with Crippen LogP contribution in [0.15, 0.2) is 24.3 Å². The fraction of sp³-hybridized carbons (Fsp3) is 0.579. The Morgan fingerprint density at radius 2 is 1.84 bits per heavy atom. The third-order valence-electron chi connectivity index (χ3n) is 5.16. The van der Waals surface area contributed by atoms with Gasteiger partial charge in [-0.1, -0.05) is 49.1 Å². The van der Waals surface area contributed by atoms with Gasteiger partial charge in [0.25, 0.3) is 0 Å². The van der Waals surface area contributed by atoms with Gasteiger partial charge in [0.15, 0.2) is 0 Å². The summed E-state index contributed by atoms with van der Waals surface area (Å²) in [4.78, 5) is 26.8. The zero-order valence-corrected chi connectivity index (χ0v) is 15.2. The van der Waals surface area contributed by atoms with Crippen molar-refractivity contribution in [3.63, 3.8) is 0 Å². The first-order chi connectivity index (χ1) is 12.1. The molecular weight excluding hydrogens is 338 g/mol. The lowest BCUT2D eigenvalue weighted by atomic mass is 9.96. The van der Waals surface area contributed by atoms with Crippen molar-refractivity contribution in [3.05, 3.63) is 34.9 Å². The lowest BCUT2D eigenvalue weighted by Gasteiger charge is -2.29. The number of benzene rings is 1. The Hall–Kier alpha value is -1.75. The summed E-state index contributed by atoms with van der Waals surface area (Å²) >= 11 is 6.13. The maximum atomic E-state index is 12.6. The highest BCUT2D eigenvalue weighted by Crippen LogP contribution is 2.21. The van der Waals surface area contributed by atoms with E-state index in [1.54, 1.807) is 4.90 Å². The minimum absolute atomic E-state index is 0.0951. The van der Waals surface area contributed by atoms with E-state index in [4.69, 9.17) is 11.6 Å². The molecule has 1 heterocycles. The third kappa shape index (κ3) is 4.66. The monoisotopic (exact) mass is 363 g/mol. The molecule has 136 valence electrons. The fourth-order valence-electron chi connectivity index (χ4n) is 3.73. The van der Waals surface area contributed by atoms with Gasteiger partial charge in [-0.05, 0) is 37.3 Å². The minimum Gasteiger partial charge on any atom is -0.350 e. The zero-order valence-electron chi connectivity index (χ0n) is 14.5. The Morgan fingerprint density at radius 3 is 2.60 bits per heavy atom. The summed E-state index contributed by atoms with van der Waals surface area (Å²) in [6.07, 6.45) is 7.27. The van der Waals surface area contributed by atoms with E-state index >= 15 is 0 Å². The van der Waals surface area contributed by atoms with E-state index in [0.29, 0.717) is 24.5 Å². The molecule has 1 saturated carbocycles. The SMILES string of the molecule is O=C(NCc1ccccc1Cl)C1CCCN1C(=O)NC1CCCCC1. The number of nitrogens with one attached hydrogen (secondary N) is 2. The van der Waals surface area contributed by atoms with Crippen LogP contribution in [0.25, 0.3) is 0 Å². The molecule has 1 aliphatic heterocycles. The summed E-state index contributed by atoms with van der Waals surface area (Å²) in [7, 11) is 0. The lowest BCUT2D eigenvalue weighted by Crippen LogP contribution is -2.51. The number of hydrogen-bond acceptors (Lipinski definition) is 2. The van der Waals surface area contributed by atoms with Crippen molar-refractivity contribution in [2.24, 2.45) is 0 Å². The second-order valence-electron chi connectivity index (χ2n) is 6.95. The smallest absolute Gasteiger partial charge is 0.318 e. The largest absolute Gasteiger partial charge is 0.350 e. The molecule has 0 spiro atoms. The number of amides is 3. The summed E-state index contributed by atoms with van der Waals surface area (Å²) in [5.41, 5.74) is 0.883. The highest BCUT2D eigenvalue weighted by Gasteiger charge is 2.34. The first kappa shape index (κ1) is 18.1. The van der Waals surface area contributed by atoms with Crippen molar-refractivity contribution in [1.29, 1.82) is 0 Å². The van der Waals surface area contributed by atoms with Crippen LogP contribution in [-0.4, -0.2) is 35.5 Å². The topological polar surface area (TPSA) is 61.4 Å². The Bertz CT molecular complexity index is 616. The molecule has 2 fully saturated rings. The van der Waals surface area contributed by atoms with Gasteiger partial charge in [0.05, 0.1) is 0 Å². The van der Waals surface area contributed by atoms with Crippen LogP contribution < -0.4 is 10.6 Å². The standard InChI is InChI=1S/C19H26ClN3O2/c20-16-10-5-4-7-14(16)13-21-18(24)17-11-6-12-23(17)19(25)22-15-8-2-1-3-9-15/h4-5,7,10,15,17H,1-3,6,8-9,11-13H2,(H,21,24)(H,22,25). The van der Waals surface area contributed by atoms with Crippen LogP contribution in [0.3, 0.4) is 0 Å². The van der Waals surface area contributed by atoms with Crippen molar-refractivity contribution in [3.8, 4) is 0 Å². The van der Waals surface area contributed by atoms with Gasteiger partial charge in [0.2, 0.25) is 5.91 Å². The molecular formula is C19H26ClN3O2. The summed E-state index contributed by atoms with van der Waals surface area (Å²) in [5, 5.41) is 6.68. The second kappa shape index (κ2) is 8.56. The minimum atomic E-state index is -0.383. The van der Waals surface area contributed by atoms with Gasteiger partial charge in [-0.2, -0.15) is 0 Å². The molecule has 1 aromatic rings. The molecule has 2 N–H and O–H groups in total. The Morgan fingerprint density at radius 1 is 1.08 bits per heavy atom. The van der Waals surface area contributed by atoms with Gasteiger partial charge in [0, 0.05) is 24.2 Å². The van der Waals surface area contributed by atoms with E-state index in [9.17, 15) is 9.59 Å². The van der Waals surface area contributed by atoms with Crippen LogP contribution in [0.5, 0.6) is 0 Å². The highest BCUT2D eigenvalue weighted by atomic mass is 35.5. The molecule has 0 aromatic heterocycles. The summed E-state index contributed by atoms with van der Waals surface area (Å²) in [6, 6.07) is 7.24. The average Bonchev–Trinajstić information content (AvgIpc) is 3.12. The van der Waals surface area contributed by atoms with Crippen LogP contribution in [-0.2, 0) is 11.3 Å². The van der Waals surface area contributed by atoms with Crippen LogP contribution in [0.2, 0.25) is 5.02 Å². The number of carbonyl (C=O) groups is 2. The molecule has 6 heteroatoms. The van der Waals surface area contributed by atoms with Gasteiger partial charge in [-0.15, -0.1) is 0 Å². The molecule has 1 aliphatic carbocycles. The zero-order chi connectivity index (χ0) is 17.6. The molecule has 1 aromatic carbocycles. The number of carbonyl (C=O) groups excluding carboxylic acids is 2. The van der Waals surface area contributed by atoms with Crippen molar-refractivity contribution in [2.45, 2.75) is 63.6 Å². The van der Waals surface area contributed by atoms with E-state index in [-0.39, 0.29) is 24.0 Å². The quantitative estimate of drug-likeness (QED) is 0.860. The van der Waals surface area contributed by atoms with E-state index in [1.807, 2.05) is 24.3 Å². The van der Waals surface area contributed by atoms with Gasteiger partial charge in [-0.3, -0.25) is 4.79 Å². The molecule has 3 rings (SSSR count). The number of rotatable bonds is 4. The molecule has 0 radical (unpaired) electrons. The van der Waals surface area contributed by atoms with Gasteiger partial charge < -0.3 is 15.5 Å². The van der Waals surface area contributed by atoms with E-state index in [1.165, 1.54) is 19.3 Å².